The van der Waals surface area contributed by atoms with Crippen molar-refractivity contribution in [2.45, 2.75) is 50.4 Å². The predicted octanol–water partition coefficient (Wildman–Crippen LogP) is 1.44. The molecule has 1 heterocycles. The van der Waals surface area contributed by atoms with Crippen molar-refractivity contribution in [2.24, 2.45) is 10.7 Å². The zero-order chi connectivity index (χ0) is 14.6. The highest BCUT2D eigenvalue weighted by atomic mass is 32.2. The summed E-state index contributed by atoms with van der Waals surface area (Å²) < 4.78 is 24.4. The minimum atomic E-state index is -3.11. The van der Waals surface area contributed by atoms with Gasteiger partial charge in [-0.3, -0.25) is 0 Å². The highest BCUT2D eigenvalue weighted by Crippen LogP contribution is 2.23. The van der Waals surface area contributed by atoms with Crippen LogP contribution in [0.3, 0.4) is 0 Å². The molecule has 2 fully saturated rings. The average molecular weight is 319 g/mol. The summed E-state index contributed by atoms with van der Waals surface area (Å²) in [6, 6.07) is 0.281. The van der Waals surface area contributed by atoms with Crippen LogP contribution in [0.4, 0.5) is 0 Å². The van der Waals surface area contributed by atoms with Gasteiger partial charge in [0.25, 0.3) is 0 Å². The molecule has 0 aromatic carbocycles. The van der Waals surface area contributed by atoms with Crippen LogP contribution < -0.4 is 5.73 Å². The van der Waals surface area contributed by atoms with Gasteiger partial charge in [-0.15, -0.1) is 0 Å². The lowest BCUT2D eigenvalue weighted by Gasteiger charge is -2.36. The number of aliphatic imine (C=N–C) groups is 1. The Labute approximate surface area is 126 Å². The highest BCUT2D eigenvalue weighted by molar-refractivity contribution is 8.01. The van der Waals surface area contributed by atoms with Gasteiger partial charge in [0.05, 0.1) is 6.04 Å². The van der Waals surface area contributed by atoms with Crippen molar-refractivity contribution in [1.82, 2.24) is 4.90 Å². The van der Waals surface area contributed by atoms with Gasteiger partial charge >= 0.3 is 0 Å². The minimum Gasteiger partial charge on any atom is -0.370 e. The van der Waals surface area contributed by atoms with E-state index in [0.29, 0.717) is 18.3 Å². The number of nitrogens with zero attached hydrogens (tertiary/aromatic N) is 2. The predicted molar refractivity (Wildman–Crippen MR) is 85.8 cm³/mol. The Kier molecular flexibility index (Phi) is 5.60. The molecule has 1 saturated heterocycles. The Morgan fingerprint density at radius 3 is 2.70 bits per heavy atom. The van der Waals surface area contributed by atoms with Gasteiger partial charge in [0, 0.05) is 23.8 Å². The second-order valence-electron chi connectivity index (χ2n) is 5.45. The quantitative estimate of drug-likeness (QED) is 0.629. The van der Waals surface area contributed by atoms with Crippen molar-refractivity contribution in [2.75, 3.05) is 23.8 Å². The van der Waals surface area contributed by atoms with E-state index in [1.165, 1.54) is 19.3 Å². The van der Waals surface area contributed by atoms with Crippen LogP contribution in [0, 0.1) is 0 Å². The smallest absolute Gasteiger partial charge is 0.192 e. The Bertz CT molecular complexity index is 445. The van der Waals surface area contributed by atoms with E-state index in [4.69, 9.17) is 5.73 Å². The molecule has 116 valence electrons. The van der Waals surface area contributed by atoms with Crippen LogP contribution in [0.2, 0.25) is 0 Å². The number of hydrogen-bond acceptors (Lipinski definition) is 4. The molecular weight excluding hydrogens is 294 g/mol. The van der Waals surface area contributed by atoms with E-state index in [-0.39, 0.29) is 11.8 Å². The lowest BCUT2D eigenvalue weighted by Crippen LogP contribution is -2.53. The van der Waals surface area contributed by atoms with Crippen molar-refractivity contribution in [3.8, 4) is 0 Å². The van der Waals surface area contributed by atoms with Crippen LogP contribution in [0.5, 0.6) is 0 Å². The number of sulfone groups is 1. The van der Waals surface area contributed by atoms with Gasteiger partial charge in [-0.25, -0.2) is 13.4 Å². The molecule has 1 aliphatic carbocycles. The van der Waals surface area contributed by atoms with Crippen LogP contribution in [0.1, 0.15) is 39.0 Å². The first kappa shape index (κ1) is 15.9. The molecule has 1 atom stereocenters. The summed E-state index contributed by atoms with van der Waals surface area (Å²) >= 11 is 1.68. The summed E-state index contributed by atoms with van der Waals surface area (Å²) in [7, 11) is -3.11. The van der Waals surface area contributed by atoms with Crippen molar-refractivity contribution in [3.63, 3.8) is 0 Å². The molecule has 0 aromatic heterocycles. The molecule has 2 N–H and O–H groups in total. The fourth-order valence-corrected chi connectivity index (χ4v) is 5.78. The molecule has 1 saturated carbocycles. The maximum Gasteiger partial charge on any atom is 0.192 e. The summed E-state index contributed by atoms with van der Waals surface area (Å²) in [5.74, 6) is 2.10. The molecule has 0 spiro atoms. The second-order valence-corrected chi connectivity index (χ2v) is 9.05. The van der Waals surface area contributed by atoms with Crippen molar-refractivity contribution in [1.29, 1.82) is 0 Å². The third kappa shape index (κ3) is 3.81. The van der Waals surface area contributed by atoms with Crippen LogP contribution >= 0.6 is 11.8 Å². The van der Waals surface area contributed by atoms with E-state index in [0.717, 1.165) is 18.6 Å². The normalized spacial score (nSPS) is 26.8. The fraction of sp³-hybridized carbons (Fsp3) is 0.923. The fourth-order valence-electron chi connectivity index (χ4n) is 2.80. The minimum absolute atomic E-state index is 0.158. The Hall–Kier alpha value is -0.430. The van der Waals surface area contributed by atoms with Gasteiger partial charge < -0.3 is 10.6 Å². The van der Waals surface area contributed by atoms with E-state index >= 15 is 0 Å². The van der Waals surface area contributed by atoms with E-state index in [2.05, 4.69) is 4.99 Å². The summed E-state index contributed by atoms with van der Waals surface area (Å²) in [6.07, 6.45) is 5.84. The van der Waals surface area contributed by atoms with Gasteiger partial charge in [0.15, 0.2) is 15.8 Å². The number of nitrogens with two attached hydrogens (primary N) is 1. The standard InChI is InChI=1S/C13H25N3O2S2/c1-2-20(17,18)12-10-19-9-8-16(12)13(14)15-11-6-4-3-5-7-11/h11-12H,2-10H2,1H3,(H2,14,15). The maximum absolute atomic E-state index is 12.2. The monoisotopic (exact) mass is 319 g/mol. The molecule has 0 aromatic rings. The molecule has 0 amide bonds. The zero-order valence-corrected chi connectivity index (χ0v) is 13.8. The van der Waals surface area contributed by atoms with E-state index in [9.17, 15) is 8.42 Å². The summed E-state index contributed by atoms with van der Waals surface area (Å²) in [4.78, 5) is 6.41. The van der Waals surface area contributed by atoms with Crippen molar-refractivity contribution < 1.29 is 8.42 Å². The first-order valence-corrected chi connectivity index (χ1v) is 10.3. The average Bonchev–Trinajstić information content (AvgIpc) is 2.48. The number of rotatable bonds is 3. The van der Waals surface area contributed by atoms with E-state index < -0.39 is 15.2 Å². The van der Waals surface area contributed by atoms with Gasteiger partial charge in [0.1, 0.15) is 5.37 Å². The molecule has 1 aliphatic heterocycles. The summed E-state index contributed by atoms with van der Waals surface area (Å²) in [5, 5.41) is -0.501. The Balaban J connectivity index is 2.12. The zero-order valence-electron chi connectivity index (χ0n) is 12.1. The van der Waals surface area contributed by atoms with Gasteiger partial charge in [-0.1, -0.05) is 26.2 Å². The molecule has 0 bridgehead atoms. The Morgan fingerprint density at radius 1 is 1.35 bits per heavy atom. The molecule has 2 aliphatic rings. The topological polar surface area (TPSA) is 75.8 Å². The third-order valence-corrected chi connectivity index (χ3v) is 7.37. The summed E-state index contributed by atoms with van der Waals surface area (Å²) in [5.41, 5.74) is 6.12. The largest absolute Gasteiger partial charge is 0.370 e. The molecule has 5 nitrogen and oxygen atoms in total. The maximum atomic E-state index is 12.2. The molecule has 2 rings (SSSR count). The van der Waals surface area contributed by atoms with Gasteiger partial charge in [0.2, 0.25) is 0 Å². The van der Waals surface area contributed by atoms with Gasteiger partial charge in [-0.2, -0.15) is 11.8 Å². The van der Waals surface area contributed by atoms with Gasteiger partial charge in [-0.05, 0) is 12.8 Å². The molecule has 20 heavy (non-hydrogen) atoms. The molecule has 0 radical (unpaired) electrons. The Morgan fingerprint density at radius 2 is 2.05 bits per heavy atom. The first-order valence-electron chi connectivity index (χ1n) is 7.44. The lowest BCUT2D eigenvalue weighted by molar-refractivity contribution is 0.390. The van der Waals surface area contributed by atoms with Crippen molar-refractivity contribution in [3.05, 3.63) is 0 Å². The summed E-state index contributed by atoms with van der Waals surface area (Å²) in [6.45, 7) is 2.37. The van der Waals surface area contributed by atoms with Crippen LogP contribution in [-0.4, -0.2) is 54.5 Å². The third-order valence-electron chi connectivity index (χ3n) is 4.09. The van der Waals surface area contributed by atoms with Crippen LogP contribution in [0.15, 0.2) is 4.99 Å². The second kappa shape index (κ2) is 7.02. The van der Waals surface area contributed by atoms with Crippen molar-refractivity contribution >= 4 is 27.6 Å². The molecule has 7 heteroatoms. The molecule has 1 unspecified atom stereocenters. The number of thioether (sulfide) groups is 1. The van der Waals surface area contributed by atoms with Crippen LogP contribution in [-0.2, 0) is 9.84 Å². The number of guanidine groups is 1. The van der Waals surface area contributed by atoms with E-state index in [1.54, 1.807) is 18.7 Å². The lowest BCUT2D eigenvalue weighted by atomic mass is 9.96. The molecular formula is C13H25N3O2S2. The van der Waals surface area contributed by atoms with E-state index in [1.807, 2.05) is 4.90 Å². The SMILES string of the molecule is CCS(=O)(=O)C1CSCCN1C(N)=NC1CCCCC1. The number of hydrogen-bond donors (Lipinski definition) is 1. The highest BCUT2D eigenvalue weighted by Gasteiger charge is 2.34. The van der Waals surface area contributed by atoms with Crippen LogP contribution in [0.25, 0.3) is 0 Å². The first-order chi connectivity index (χ1) is 9.54.